The zero-order valence-corrected chi connectivity index (χ0v) is 11.3. The molecule has 0 bridgehead atoms. The van der Waals surface area contributed by atoms with E-state index < -0.39 is 0 Å². The first kappa shape index (κ1) is 14.7. The van der Waals surface area contributed by atoms with Crippen LogP contribution in [0.2, 0.25) is 0 Å². The van der Waals surface area contributed by atoms with Gasteiger partial charge in [-0.15, -0.1) is 0 Å². The highest BCUT2D eigenvalue weighted by Crippen LogP contribution is 2.14. The molecule has 4 heteroatoms. The van der Waals surface area contributed by atoms with Gasteiger partial charge in [0.2, 0.25) is 0 Å². The van der Waals surface area contributed by atoms with E-state index in [-0.39, 0.29) is 11.3 Å². The van der Waals surface area contributed by atoms with E-state index in [9.17, 15) is 9.59 Å². The summed E-state index contributed by atoms with van der Waals surface area (Å²) >= 11 is 0. The fourth-order valence-corrected chi connectivity index (χ4v) is 1.59. The number of rotatable bonds is 3. The molecule has 100 valence electrons. The molecule has 4 nitrogen and oxygen atoms in total. The van der Waals surface area contributed by atoms with Crippen molar-refractivity contribution in [2.24, 2.45) is 0 Å². The van der Waals surface area contributed by atoms with Gasteiger partial charge in [-0.25, -0.2) is 0 Å². The number of carbonyl (C=O) groups excluding carboxylic acids is 1. The van der Waals surface area contributed by atoms with Crippen molar-refractivity contribution in [3.05, 3.63) is 58.5 Å². The number of methoxy groups -OCH3 is 1. The van der Waals surface area contributed by atoms with Crippen LogP contribution in [-0.4, -0.2) is 18.0 Å². The second-order valence-corrected chi connectivity index (χ2v) is 3.46. The lowest BCUT2D eigenvalue weighted by Crippen LogP contribution is -2.18. The molecule has 0 spiro atoms. The monoisotopic (exact) mass is 259 g/mol. The van der Waals surface area contributed by atoms with E-state index in [1.165, 1.54) is 23.9 Å². The van der Waals surface area contributed by atoms with E-state index >= 15 is 0 Å². The van der Waals surface area contributed by atoms with Gasteiger partial charge in [0.05, 0.1) is 12.7 Å². The van der Waals surface area contributed by atoms with E-state index in [4.69, 9.17) is 4.74 Å². The third kappa shape index (κ3) is 3.31. The number of carbonyl (C=O) groups is 1. The molecule has 0 amide bonds. The number of para-hydroxylation sites is 1. The Hall–Kier alpha value is -2.36. The van der Waals surface area contributed by atoms with Gasteiger partial charge < -0.3 is 4.74 Å². The number of aromatic nitrogens is 1. The van der Waals surface area contributed by atoms with Crippen molar-refractivity contribution < 1.29 is 9.53 Å². The molecule has 0 fully saturated rings. The molecule has 0 aliphatic rings. The highest BCUT2D eigenvalue weighted by Gasteiger charge is 2.07. The molecule has 0 saturated carbocycles. The Morgan fingerprint density at radius 2 is 1.79 bits per heavy atom. The Morgan fingerprint density at radius 1 is 1.16 bits per heavy atom. The number of benzene rings is 1. The molecule has 0 atom stereocenters. The van der Waals surface area contributed by atoms with Crippen LogP contribution in [0.25, 0.3) is 5.69 Å². The van der Waals surface area contributed by atoms with Gasteiger partial charge in [-0.1, -0.05) is 32.0 Å². The van der Waals surface area contributed by atoms with Gasteiger partial charge >= 0.3 is 0 Å². The Labute approximate surface area is 112 Å². The average molecular weight is 259 g/mol. The van der Waals surface area contributed by atoms with Gasteiger partial charge in [-0.05, 0) is 12.1 Å². The molecule has 1 aromatic carbocycles. The van der Waals surface area contributed by atoms with Crippen molar-refractivity contribution in [2.75, 3.05) is 7.11 Å². The maximum Gasteiger partial charge on any atom is 0.258 e. The van der Waals surface area contributed by atoms with Crippen LogP contribution in [0.1, 0.15) is 24.2 Å². The molecule has 0 unspecified atom stereocenters. The lowest BCUT2D eigenvalue weighted by molar-refractivity contribution is 0.112. The molecule has 0 radical (unpaired) electrons. The van der Waals surface area contributed by atoms with E-state index in [1.54, 1.807) is 12.1 Å². The Kier molecular flexibility index (Phi) is 5.54. The number of hydrogen-bond donors (Lipinski definition) is 0. The normalized spacial score (nSPS) is 9.21. The summed E-state index contributed by atoms with van der Waals surface area (Å²) in [6, 6.07) is 10.4. The molecule has 19 heavy (non-hydrogen) atoms. The van der Waals surface area contributed by atoms with E-state index in [2.05, 4.69) is 0 Å². The van der Waals surface area contributed by atoms with E-state index in [0.717, 1.165) is 0 Å². The minimum absolute atomic E-state index is 0.237. The first-order valence-corrected chi connectivity index (χ1v) is 6.07. The number of ether oxygens (including phenoxy) is 1. The van der Waals surface area contributed by atoms with E-state index in [0.29, 0.717) is 17.5 Å². The molecule has 1 heterocycles. The first-order chi connectivity index (χ1) is 9.26. The van der Waals surface area contributed by atoms with Crippen molar-refractivity contribution in [2.45, 2.75) is 13.8 Å². The highest BCUT2D eigenvalue weighted by molar-refractivity contribution is 5.78. The predicted molar refractivity (Wildman–Crippen MR) is 75.3 cm³/mol. The Morgan fingerprint density at radius 3 is 2.32 bits per heavy atom. The lowest BCUT2D eigenvalue weighted by Gasteiger charge is -2.08. The second kappa shape index (κ2) is 7.16. The van der Waals surface area contributed by atoms with Gasteiger partial charge in [0.15, 0.2) is 6.29 Å². The summed E-state index contributed by atoms with van der Waals surface area (Å²) in [4.78, 5) is 22.7. The van der Waals surface area contributed by atoms with Gasteiger partial charge in [0.1, 0.15) is 5.75 Å². The highest BCUT2D eigenvalue weighted by atomic mass is 16.5. The van der Waals surface area contributed by atoms with Crippen molar-refractivity contribution in [1.29, 1.82) is 0 Å². The molecule has 0 aliphatic heterocycles. The Bertz CT molecular complexity index is 588. The van der Waals surface area contributed by atoms with Crippen molar-refractivity contribution >= 4 is 6.29 Å². The maximum absolute atomic E-state index is 11.8. The van der Waals surface area contributed by atoms with Crippen LogP contribution < -0.4 is 10.3 Å². The lowest BCUT2D eigenvalue weighted by atomic mass is 10.2. The molecule has 0 N–H and O–H groups in total. The number of hydrogen-bond acceptors (Lipinski definition) is 3. The largest absolute Gasteiger partial charge is 0.496 e. The average Bonchev–Trinajstić information content (AvgIpc) is 2.49. The summed E-state index contributed by atoms with van der Waals surface area (Å²) in [5.41, 5.74) is 0.817. The molecule has 2 rings (SSSR count). The molecule has 0 aliphatic carbocycles. The molecule has 0 saturated heterocycles. The quantitative estimate of drug-likeness (QED) is 0.796. The summed E-state index contributed by atoms with van der Waals surface area (Å²) < 4.78 is 6.37. The predicted octanol–water partition coefficient (Wildman–Crippen LogP) is 2.68. The maximum atomic E-state index is 11.8. The third-order valence-electron chi connectivity index (χ3n) is 2.43. The second-order valence-electron chi connectivity index (χ2n) is 3.46. The molecular formula is C15H17NO3. The SMILES string of the molecule is CC.COc1cc(=O)n(-c2ccccc2)cc1C=O. The zero-order chi connectivity index (χ0) is 14.3. The third-order valence-corrected chi connectivity index (χ3v) is 2.43. The Balaban J connectivity index is 0.000000861. The van der Waals surface area contributed by atoms with Crippen LogP contribution in [0, 0.1) is 0 Å². The molecule has 1 aromatic heterocycles. The number of aldehydes is 1. The van der Waals surface area contributed by atoms with Crippen molar-refractivity contribution in [3.8, 4) is 11.4 Å². The van der Waals surface area contributed by atoms with Gasteiger partial charge in [-0.3, -0.25) is 14.2 Å². The first-order valence-electron chi connectivity index (χ1n) is 6.07. The molecule has 2 aromatic rings. The van der Waals surface area contributed by atoms with Gasteiger partial charge in [-0.2, -0.15) is 0 Å². The van der Waals surface area contributed by atoms with Gasteiger partial charge in [0.25, 0.3) is 5.56 Å². The van der Waals surface area contributed by atoms with Crippen LogP contribution in [0.5, 0.6) is 5.75 Å². The summed E-state index contributed by atoms with van der Waals surface area (Å²) in [5, 5.41) is 0. The summed E-state index contributed by atoms with van der Waals surface area (Å²) in [6.07, 6.45) is 2.14. The topological polar surface area (TPSA) is 48.3 Å². The van der Waals surface area contributed by atoms with Crippen molar-refractivity contribution in [3.63, 3.8) is 0 Å². The number of nitrogens with zero attached hydrogens (tertiary/aromatic N) is 1. The molecular weight excluding hydrogens is 242 g/mol. The van der Waals surface area contributed by atoms with Crippen molar-refractivity contribution in [1.82, 2.24) is 4.57 Å². The van der Waals surface area contributed by atoms with Crippen LogP contribution >= 0.6 is 0 Å². The minimum Gasteiger partial charge on any atom is -0.496 e. The van der Waals surface area contributed by atoms with Crippen LogP contribution in [-0.2, 0) is 0 Å². The summed E-state index contributed by atoms with van der Waals surface area (Å²) in [6.45, 7) is 4.00. The van der Waals surface area contributed by atoms with Crippen LogP contribution in [0.3, 0.4) is 0 Å². The zero-order valence-electron chi connectivity index (χ0n) is 11.3. The smallest absolute Gasteiger partial charge is 0.258 e. The number of pyridine rings is 1. The fraction of sp³-hybridized carbons (Fsp3) is 0.200. The van der Waals surface area contributed by atoms with Crippen LogP contribution in [0.4, 0.5) is 0 Å². The van der Waals surface area contributed by atoms with Gasteiger partial charge in [0, 0.05) is 18.0 Å². The summed E-state index contributed by atoms with van der Waals surface area (Å²) in [5.74, 6) is 0.289. The minimum atomic E-state index is -0.237. The summed E-state index contributed by atoms with van der Waals surface area (Å²) in [7, 11) is 1.43. The standard InChI is InChI=1S/C13H11NO3.C2H6/c1-17-12-7-13(16)14(8-10(12)9-15)11-5-3-2-4-6-11;1-2/h2-9H,1H3;1-2H3. The fourth-order valence-electron chi connectivity index (χ4n) is 1.59. The van der Waals surface area contributed by atoms with E-state index in [1.807, 2.05) is 32.0 Å². The van der Waals surface area contributed by atoms with Crippen LogP contribution in [0.15, 0.2) is 47.4 Å².